The van der Waals surface area contributed by atoms with Gasteiger partial charge in [-0.15, -0.1) is 0 Å². The van der Waals surface area contributed by atoms with E-state index in [1.807, 2.05) is 0 Å². The number of ether oxygens (including phenoxy) is 2. The fraction of sp³-hybridized carbons (Fsp3) is 0.200. The molecule has 0 radical (unpaired) electrons. The van der Waals surface area contributed by atoms with Gasteiger partial charge in [0.1, 0.15) is 23.1 Å². The average molecular weight is 341 g/mol. The highest BCUT2D eigenvalue weighted by molar-refractivity contribution is 9.10. The second-order valence-electron chi connectivity index (χ2n) is 4.26. The minimum atomic E-state index is -0.766. The molecule has 106 valence electrons. The summed E-state index contributed by atoms with van der Waals surface area (Å²) in [7, 11) is 1.52. The number of aliphatic hydroxyl groups is 1. The first kappa shape index (κ1) is 14.8. The number of hydrogen-bond donors (Lipinski definition) is 1. The summed E-state index contributed by atoms with van der Waals surface area (Å²) in [6, 6.07) is 9.44. The zero-order valence-electron chi connectivity index (χ0n) is 11.1. The average Bonchev–Trinajstić information content (AvgIpc) is 2.36. The van der Waals surface area contributed by atoms with E-state index in [-0.39, 0.29) is 0 Å². The first-order valence-corrected chi connectivity index (χ1v) is 6.79. The lowest BCUT2D eigenvalue weighted by Gasteiger charge is -2.16. The molecule has 1 atom stereocenters. The van der Waals surface area contributed by atoms with Crippen LogP contribution in [0.15, 0.2) is 40.9 Å². The molecule has 5 heteroatoms. The summed E-state index contributed by atoms with van der Waals surface area (Å²) in [6.07, 6.45) is -0.766. The molecule has 0 spiro atoms. The summed E-state index contributed by atoms with van der Waals surface area (Å²) >= 11 is 3.21. The monoisotopic (exact) mass is 340 g/mol. The van der Waals surface area contributed by atoms with Crippen molar-refractivity contribution in [3.8, 4) is 17.2 Å². The largest absolute Gasteiger partial charge is 0.496 e. The van der Waals surface area contributed by atoms with Crippen molar-refractivity contribution in [2.75, 3.05) is 7.11 Å². The minimum absolute atomic E-state index is 0.340. The summed E-state index contributed by atoms with van der Waals surface area (Å²) in [6.45, 7) is 1.62. The fourth-order valence-electron chi connectivity index (χ4n) is 1.92. The summed E-state index contributed by atoms with van der Waals surface area (Å²) in [5.74, 6) is 0.882. The van der Waals surface area contributed by atoms with Crippen LogP contribution in [0.1, 0.15) is 18.6 Å². The Morgan fingerprint density at radius 1 is 1.20 bits per heavy atom. The standard InChI is InChI=1S/C15H14BrFO3/c1-9(18)15-13(19-2)4-3-5-14(15)20-12-7-10(16)6-11(17)8-12/h3-9,18H,1-2H3/t9-/m0/s1. The zero-order chi connectivity index (χ0) is 14.7. The Morgan fingerprint density at radius 3 is 2.50 bits per heavy atom. The molecular weight excluding hydrogens is 327 g/mol. The maximum Gasteiger partial charge on any atom is 0.136 e. The molecule has 0 aliphatic rings. The maximum absolute atomic E-state index is 13.4. The van der Waals surface area contributed by atoms with Crippen LogP contribution in [0.25, 0.3) is 0 Å². The molecule has 0 amide bonds. The smallest absolute Gasteiger partial charge is 0.136 e. The van der Waals surface area contributed by atoms with Crippen molar-refractivity contribution in [2.24, 2.45) is 0 Å². The van der Waals surface area contributed by atoms with Gasteiger partial charge in [0.2, 0.25) is 0 Å². The molecule has 2 aromatic carbocycles. The molecule has 20 heavy (non-hydrogen) atoms. The van der Waals surface area contributed by atoms with Crippen LogP contribution in [-0.4, -0.2) is 12.2 Å². The fourth-order valence-corrected chi connectivity index (χ4v) is 2.36. The molecule has 0 saturated carbocycles. The van der Waals surface area contributed by atoms with Crippen LogP contribution < -0.4 is 9.47 Å². The molecule has 0 saturated heterocycles. The van der Waals surface area contributed by atoms with Crippen LogP contribution in [0.3, 0.4) is 0 Å². The molecule has 0 heterocycles. The Kier molecular flexibility index (Phi) is 4.62. The molecule has 0 bridgehead atoms. The normalized spacial score (nSPS) is 12.1. The second kappa shape index (κ2) is 6.24. The number of benzene rings is 2. The third kappa shape index (κ3) is 3.29. The van der Waals surface area contributed by atoms with Crippen LogP contribution in [0.4, 0.5) is 4.39 Å². The van der Waals surface area contributed by atoms with Gasteiger partial charge in [-0.05, 0) is 31.2 Å². The van der Waals surface area contributed by atoms with Crippen molar-refractivity contribution in [1.82, 2.24) is 0 Å². The minimum Gasteiger partial charge on any atom is -0.496 e. The third-order valence-electron chi connectivity index (χ3n) is 2.73. The highest BCUT2D eigenvalue weighted by atomic mass is 79.9. The Bertz CT molecular complexity index is 594. The number of aliphatic hydroxyl groups excluding tert-OH is 1. The van der Waals surface area contributed by atoms with E-state index < -0.39 is 11.9 Å². The van der Waals surface area contributed by atoms with Crippen molar-refractivity contribution in [2.45, 2.75) is 13.0 Å². The molecule has 0 aliphatic carbocycles. The molecule has 2 rings (SSSR count). The molecule has 0 fully saturated rings. The van der Waals surface area contributed by atoms with Crippen molar-refractivity contribution < 1.29 is 19.0 Å². The molecule has 0 aliphatic heterocycles. The van der Waals surface area contributed by atoms with Gasteiger partial charge in [-0.1, -0.05) is 22.0 Å². The summed E-state index contributed by atoms with van der Waals surface area (Å²) in [5.41, 5.74) is 0.524. The van der Waals surface area contributed by atoms with Gasteiger partial charge in [0, 0.05) is 10.5 Å². The summed E-state index contributed by atoms with van der Waals surface area (Å²) in [5, 5.41) is 9.86. The Balaban J connectivity index is 2.42. The van der Waals surface area contributed by atoms with Crippen LogP contribution in [0.5, 0.6) is 17.2 Å². The topological polar surface area (TPSA) is 38.7 Å². The highest BCUT2D eigenvalue weighted by Gasteiger charge is 2.16. The zero-order valence-corrected chi connectivity index (χ0v) is 12.6. The van der Waals surface area contributed by atoms with Crippen molar-refractivity contribution >= 4 is 15.9 Å². The van der Waals surface area contributed by atoms with Gasteiger partial charge < -0.3 is 14.6 Å². The van der Waals surface area contributed by atoms with Gasteiger partial charge in [-0.2, -0.15) is 0 Å². The summed E-state index contributed by atoms with van der Waals surface area (Å²) < 4.78 is 24.8. The predicted molar refractivity (Wildman–Crippen MR) is 77.8 cm³/mol. The van der Waals surface area contributed by atoms with E-state index in [9.17, 15) is 9.50 Å². The van der Waals surface area contributed by atoms with Crippen LogP contribution >= 0.6 is 15.9 Å². The Morgan fingerprint density at radius 2 is 1.90 bits per heavy atom. The second-order valence-corrected chi connectivity index (χ2v) is 5.17. The van der Waals surface area contributed by atoms with Crippen molar-refractivity contribution in [3.05, 3.63) is 52.3 Å². The van der Waals surface area contributed by atoms with Crippen LogP contribution in [0, 0.1) is 5.82 Å². The molecule has 0 unspecified atom stereocenters. The first-order valence-electron chi connectivity index (χ1n) is 6.00. The lowest BCUT2D eigenvalue weighted by Crippen LogP contribution is -2.00. The lowest BCUT2D eigenvalue weighted by atomic mass is 10.1. The van der Waals surface area contributed by atoms with E-state index in [4.69, 9.17) is 9.47 Å². The van der Waals surface area contributed by atoms with E-state index in [1.165, 1.54) is 19.2 Å². The van der Waals surface area contributed by atoms with Crippen LogP contribution in [-0.2, 0) is 0 Å². The van der Waals surface area contributed by atoms with E-state index in [0.29, 0.717) is 27.3 Å². The van der Waals surface area contributed by atoms with E-state index >= 15 is 0 Å². The van der Waals surface area contributed by atoms with E-state index in [1.54, 1.807) is 31.2 Å². The quantitative estimate of drug-likeness (QED) is 0.893. The highest BCUT2D eigenvalue weighted by Crippen LogP contribution is 2.37. The number of rotatable bonds is 4. The number of methoxy groups -OCH3 is 1. The first-order chi connectivity index (χ1) is 9.51. The Hall–Kier alpha value is -1.59. The number of halogens is 2. The SMILES string of the molecule is COc1cccc(Oc2cc(F)cc(Br)c2)c1[C@H](C)O. The maximum atomic E-state index is 13.4. The van der Waals surface area contributed by atoms with Gasteiger partial charge in [0.05, 0.1) is 18.8 Å². The van der Waals surface area contributed by atoms with Crippen LogP contribution in [0.2, 0.25) is 0 Å². The van der Waals surface area contributed by atoms with E-state index in [0.717, 1.165) is 0 Å². The molecule has 0 aromatic heterocycles. The van der Waals surface area contributed by atoms with E-state index in [2.05, 4.69) is 15.9 Å². The van der Waals surface area contributed by atoms with Gasteiger partial charge in [-0.3, -0.25) is 0 Å². The van der Waals surface area contributed by atoms with Crippen molar-refractivity contribution in [3.63, 3.8) is 0 Å². The molecule has 3 nitrogen and oxygen atoms in total. The third-order valence-corrected chi connectivity index (χ3v) is 3.19. The van der Waals surface area contributed by atoms with Gasteiger partial charge in [-0.25, -0.2) is 4.39 Å². The van der Waals surface area contributed by atoms with Gasteiger partial charge in [0.25, 0.3) is 0 Å². The summed E-state index contributed by atoms with van der Waals surface area (Å²) in [4.78, 5) is 0. The van der Waals surface area contributed by atoms with Gasteiger partial charge >= 0.3 is 0 Å². The molecule has 2 aromatic rings. The predicted octanol–water partition coefficient (Wildman–Crippen LogP) is 4.44. The number of hydrogen-bond acceptors (Lipinski definition) is 3. The van der Waals surface area contributed by atoms with Gasteiger partial charge in [0.15, 0.2) is 0 Å². The van der Waals surface area contributed by atoms with Crippen molar-refractivity contribution in [1.29, 1.82) is 0 Å². The molecular formula is C15H14BrFO3. The Labute approximate surface area is 125 Å². The molecule has 1 N–H and O–H groups in total. The lowest BCUT2D eigenvalue weighted by molar-refractivity contribution is 0.190.